The molecule has 17 heavy (non-hydrogen) atoms. The first-order valence-corrected chi connectivity index (χ1v) is 5.74. The first kappa shape index (κ1) is 13.5. The molecule has 0 aliphatic rings. The number of hydrogen-bond acceptors (Lipinski definition) is 2. The molecule has 0 aliphatic carbocycles. The summed E-state index contributed by atoms with van der Waals surface area (Å²) in [7, 11) is 4.01. The van der Waals surface area contributed by atoms with Crippen molar-refractivity contribution in [3.8, 4) is 0 Å². The van der Waals surface area contributed by atoms with E-state index in [9.17, 15) is 4.79 Å². The minimum Gasteiger partial charge on any atom is -0.465 e. The summed E-state index contributed by atoms with van der Waals surface area (Å²) in [5.41, 5.74) is 1.85. The van der Waals surface area contributed by atoms with Crippen LogP contribution >= 0.6 is 0 Å². The van der Waals surface area contributed by atoms with Gasteiger partial charge in [0.25, 0.3) is 0 Å². The van der Waals surface area contributed by atoms with Crippen LogP contribution in [0.1, 0.15) is 25.5 Å². The van der Waals surface area contributed by atoms with Crippen molar-refractivity contribution in [2.45, 2.75) is 19.9 Å². The summed E-state index contributed by atoms with van der Waals surface area (Å²) in [6, 6.07) is 7.94. The molecule has 1 aromatic rings. The lowest BCUT2D eigenvalue weighted by atomic mass is 10.1. The Kier molecular flexibility index (Phi) is 4.52. The van der Waals surface area contributed by atoms with Gasteiger partial charge in [0.1, 0.15) is 0 Å². The van der Waals surface area contributed by atoms with Gasteiger partial charge < -0.3 is 10.0 Å². The molecule has 1 rings (SSSR count). The number of carboxylic acid groups (broad SMARTS) is 1. The summed E-state index contributed by atoms with van der Waals surface area (Å²) in [6.45, 7) is 4.38. The number of carbonyl (C=O) groups is 1. The summed E-state index contributed by atoms with van der Waals surface area (Å²) in [4.78, 5) is 14.5. The Balaban J connectivity index is 3.04. The highest BCUT2D eigenvalue weighted by atomic mass is 16.4. The molecule has 0 heterocycles. The van der Waals surface area contributed by atoms with E-state index in [4.69, 9.17) is 5.11 Å². The van der Waals surface area contributed by atoms with Gasteiger partial charge in [-0.3, -0.25) is 4.90 Å². The van der Waals surface area contributed by atoms with Gasteiger partial charge in [-0.05, 0) is 45.6 Å². The molecule has 0 bridgehead atoms. The van der Waals surface area contributed by atoms with E-state index in [-0.39, 0.29) is 6.04 Å². The highest BCUT2D eigenvalue weighted by Crippen LogP contribution is 2.23. The average Bonchev–Trinajstić information content (AvgIpc) is 2.28. The lowest BCUT2D eigenvalue weighted by molar-refractivity contribution is 0.202. The standard InChI is InChI=1S/C13H20N2O2/c1-5-15(13(16)17)12-8-6-7-11(9-12)10(2)14(3)4/h6-10H,5H2,1-4H3,(H,16,17). The van der Waals surface area contributed by atoms with E-state index in [0.717, 1.165) is 11.3 Å². The molecular weight excluding hydrogens is 216 g/mol. The third-order valence-electron chi connectivity index (χ3n) is 2.99. The van der Waals surface area contributed by atoms with E-state index in [2.05, 4.69) is 11.8 Å². The third kappa shape index (κ3) is 3.20. The van der Waals surface area contributed by atoms with Gasteiger partial charge >= 0.3 is 6.09 Å². The summed E-state index contributed by atoms with van der Waals surface area (Å²) in [6.07, 6.45) is -0.915. The van der Waals surface area contributed by atoms with E-state index in [1.54, 1.807) is 0 Å². The molecule has 0 saturated carbocycles. The van der Waals surface area contributed by atoms with Crippen molar-refractivity contribution in [1.29, 1.82) is 0 Å². The lowest BCUT2D eigenvalue weighted by Gasteiger charge is -2.23. The van der Waals surface area contributed by atoms with Gasteiger partial charge in [-0.1, -0.05) is 12.1 Å². The molecule has 1 atom stereocenters. The number of amides is 1. The average molecular weight is 236 g/mol. The molecule has 0 aliphatic heterocycles. The van der Waals surface area contributed by atoms with Crippen LogP contribution in [0.15, 0.2) is 24.3 Å². The predicted octanol–water partition coefficient (Wildman–Crippen LogP) is 2.81. The second-order valence-electron chi connectivity index (χ2n) is 4.26. The highest BCUT2D eigenvalue weighted by Gasteiger charge is 2.14. The minimum absolute atomic E-state index is 0.266. The van der Waals surface area contributed by atoms with E-state index < -0.39 is 6.09 Å². The molecule has 0 saturated heterocycles. The summed E-state index contributed by atoms with van der Waals surface area (Å²) in [5.74, 6) is 0. The van der Waals surface area contributed by atoms with Crippen LogP contribution in [0.2, 0.25) is 0 Å². The first-order chi connectivity index (χ1) is 7.97. The van der Waals surface area contributed by atoms with E-state index in [1.807, 2.05) is 45.3 Å². The van der Waals surface area contributed by atoms with Crippen molar-refractivity contribution in [3.63, 3.8) is 0 Å². The largest absolute Gasteiger partial charge is 0.465 e. The van der Waals surface area contributed by atoms with E-state index in [0.29, 0.717) is 6.54 Å². The fourth-order valence-electron chi connectivity index (χ4n) is 1.68. The number of nitrogens with zero attached hydrogens (tertiary/aromatic N) is 2. The molecule has 1 unspecified atom stereocenters. The topological polar surface area (TPSA) is 43.8 Å². The fourth-order valence-corrected chi connectivity index (χ4v) is 1.68. The van der Waals surface area contributed by atoms with Crippen molar-refractivity contribution < 1.29 is 9.90 Å². The normalized spacial score (nSPS) is 12.5. The summed E-state index contributed by atoms with van der Waals surface area (Å²) >= 11 is 0. The van der Waals surface area contributed by atoms with E-state index in [1.165, 1.54) is 4.90 Å². The maximum atomic E-state index is 11.1. The predicted molar refractivity (Wildman–Crippen MR) is 69.6 cm³/mol. The minimum atomic E-state index is -0.915. The van der Waals surface area contributed by atoms with Crippen LogP contribution in [0, 0.1) is 0 Å². The van der Waals surface area contributed by atoms with Crippen LogP contribution in [0.3, 0.4) is 0 Å². The molecule has 1 aromatic carbocycles. The Morgan fingerprint density at radius 3 is 2.53 bits per heavy atom. The van der Waals surface area contributed by atoms with Gasteiger partial charge in [0, 0.05) is 18.3 Å². The zero-order chi connectivity index (χ0) is 13.0. The SMILES string of the molecule is CCN(C(=O)O)c1cccc(C(C)N(C)C)c1. The second kappa shape index (κ2) is 5.68. The number of rotatable bonds is 4. The molecule has 1 N–H and O–H groups in total. The van der Waals surface area contributed by atoms with Gasteiger partial charge in [0.15, 0.2) is 0 Å². The highest BCUT2D eigenvalue weighted by molar-refractivity contribution is 5.85. The Morgan fingerprint density at radius 1 is 1.41 bits per heavy atom. The maximum absolute atomic E-state index is 11.1. The smallest absolute Gasteiger partial charge is 0.411 e. The van der Waals surface area contributed by atoms with Gasteiger partial charge in [0.2, 0.25) is 0 Å². The molecule has 94 valence electrons. The Bertz CT molecular complexity index is 391. The van der Waals surface area contributed by atoms with Crippen molar-refractivity contribution in [2.24, 2.45) is 0 Å². The molecule has 1 amide bonds. The zero-order valence-electron chi connectivity index (χ0n) is 10.8. The monoisotopic (exact) mass is 236 g/mol. The van der Waals surface area contributed by atoms with E-state index >= 15 is 0 Å². The van der Waals surface area contributed by atoms with Gasteiger partial charge in [-0.25, -0.2) is 4.79 Å². The molecule has 0 aromatic heterocycles. The molecule has 0 spiro atoms. The third-order valence-corrected chi connectivity index (χ3v) is 2.99. The second-order valence-corrected chi connectivity index (χ2v) is 4.26. The maximum Gasteiger partial charge on any atom is 0.411 e. The Hall–Kier alpha value is -1.55. The Labute approximate surface area is 102 Å². The van der Waals surface area contributed by atoms with Gasteiger partial charge in [-0.2, -0.15) is 0 Å². The Morgan fingerprint density at radius 2 is 2.06 bits per heavy atom. The van der Waals surface area contributed by atoms with Crippen LogP contribution in [0.4, 0.5) is 10.5 Å². The van der Waals surface area contributed by atoms with Crippen molar-refractivity contribution in [1.82, 2.24) is 4.90 Å². The quantitative estimate of drug-likeness (QED) is 0.874. The van der Waals surface area contributed by atoms with Crippen LogP contribution in [-0.2, 0) is 0 Å². The van der Waals surface area contributed by atoms with Crippen molar-refractivity contribution in [2.75, 3.05) is 25.5 Å². The summed E-state index contributed by atoms with van der Waals surface area (Å²) in [5, 5.41) is 9.08. The van der Waals surface area contributed by atoms with Gasteiger partial charge in [-0.15, -0.1) is 0 Å². The first-order valence-electron chi connectivity index (χ1n) is 5.74. The number of benzene rings is 1. The molecule has 0 fully saturated rings. The number of hydrogen-bond donors (Lipinski definition) is 1. The fraction of sp³-hybridized carbons (Fsp3) is 0.462. The number of anilines is 1. The molecular formula is C13H20N2O2. The van der Waals surface area contributed by atoms with Gasteiger partial charge in [0.05, 0.1) is 0 Å². The molecule has 4 heteroatoms. The summed E-state index contributed by atoms with van der Waals surface area (Å²) < 4.78 is 0. The van der Waals surface area contributed by atoms with Crippen LogP contribution in [0.5, 0.6) is 0 Å². The van der Waals surface area contributed by atoms with Crippen LogP contribution in [0.25, 0.3) is 0 Å². The van der Waals surface area contributed by atoms with Crippen molar-refractivity contribution >= 4 is 11.8 Å². The van der Waals surface area contributed by atoms with Crippen LogP contribution in [-0.4, -0.2) is 36.7 Å². The van der Waals surface area contributed by atoms with Crippen LogP contribution < -0.4 is 4.90 Å². The molecule has 0 radical (unpaired) electrons. The molecule has 4 nitrogen and oxygen atoms in total. The van der Waals surface area contributed by atoms with Crippen molar-refractivity contribution in [3.05, 3.63) is 29.8 Å². The lowest BCUT2D eigenvalue weighted by Crippen LogP contribution is -2.29. The zero-order valence-corrected chi connectivity index (χ0v) is 10.8.